The van der Waals surface area contributed by atoms with Crippen molar-refractivity contribution in [1.29, 1.82) is 0 Å². The highest BCUT2D eigenvalue weighted by Crippen LogP contribution is 2.46. The standard InChI is InChI=1S/C48H28O/c1-2-7-29(8-3-1)35-16-17-36-28-44-43(27-38(36)26-35)47-42(24-23-39(48(47)49-44)37-18-13-30-9-4-5-10-34(30)25-37)40-21-19-33-15-14-31-11-6-12-32-20-22-41(40)46(33)45(31)32/h1-28H. The first-order valence-corrected chi connectivity index (χ1v) is 16.9. The second-order valence-corrected chi connectivity index (χ2v) is 13.3. The van der Waals surface area contributed by atoms with Crippen LogP contribution in [0.2, 0.25) is 0 Å². The van der Waals surface area contributed by atoms with Gasteiger partial charge in [-0.2, -0.15) is 0 Å². The fourth-order valence-electron chi connectivity index (χ4n) is 8.21. The van der Waals surface area contributed by atoms with Gasteiger partial charge in [0.1, 0.15) is 11.2 Å². The molecule has 49 heavy (non-hydrogen) atoms. The number of benzene rings is 10. The van der Waals surface area contributed by atoms with E-state index in [1.807, 2.05) is 0 Å². The van der Waals surface area contributed by atoms with Crippen LogP contribution in [0.5, 0.6) is 0 Å². The van der Waals surface area contributed by atoms with E-state index in [9.17, 15) is 0 Å². The lowest BCUT2D eigenvalue weighted by Gasteiger charge is -2.15. The van der Waals surface area contributed by atoms with E-state index in [0.29, 0.717) is 0 Å². The van der Waals surface area contributed by atoms with Gasteiger partial charge in [0.15, 0.2) is 0 Å². The van der Waals surface area contributed by atoms with Gasteiger partial charge >= 0.3 is 0 Å². The van der Waals surface area contributed by atoms with Crippen LogP contribution in [0.1, 0.15) is 0 Å². The number of rotatable bonds is 3. The summed E-state index contributed by atoms with van der Waals surface area (Å²) in [6.07, 6.45) is 0. The Hall–Kier alpha value is -6.44. The molecule has 0 N–H and O–H groups in total. The van der Waals surface area contributed by atoms with E-state index < -0.39 is 0 Å². The van der Waals surface area contributed by atoms with Crippen LogP contribution >= 0.6 is 0 Å². The van der Waals surface area contributed by atoms with Crippen molar-refractivity contribution < 1.29 is 4.42 Å². The number of hydrogen-bond acceptors (Lipinski definition) is 1. The van der Waals surface area contributed by atoms with Gasteiger partial charge in [0.25, 0.3) is 0 Å². The van der Waals surface area contributed by atoms with Crippen LogP contribution < -0.4 is 0 Å². The predicted molar refractivity (Wildman–Crippen MR) is 209 cm³/mol. The Kier molecular flexibility index (Phi) is 5.45. The third-order valence-corrected chi connectivity index (χ3v) is 10.6. The van der Waals surface area contributed by atoms with Crippen LogP contribution in [0.25, 0.3) is 109 Å². The summed E-state index contributed by atoms with van der Waals surface area (Å²) >= 11 is 0. The van der Waals surface area contributed by atoms with Crippen molar-refractivity contribution in [2.45, 2.75) is 0 Å². The van der Waals surface area contributed by atoms with Crippen molar-refractivity contribution >= 4 is 75.8 Å². The van der Waals surface area contributed by atoms with E-state index in [0.717, 1.165) is 33.1 Å². The van der Waals surface area contributed by atoms with E-state index in [4.69, 9.17) is 4.42 Å². The fraction of sp³-hybridized carbons (Fsp3) is 0. The quantitative estimate of drug-likeness (QED) is 0.179. The van der Waals surface area contributed by atoms with Gasteiger partial charge < -0.3 is 4.42 Å². The molecular formula is C48H28O. The Balaban J connectivity index is 1.24. The summed E-state index contributed by atoms with van der Waals surface area (Å²) in [5, 5.41) is 14.9. The fourth-order valence-corrected chi connectivity index (χ4v) is 8.21. The van der Waals surface area contributed by atoms with Crippen LogP contribution in [0.3, 0.4) is 0 Å². The highest BCUT2D eigenvalue weighted by molar-refractivity contribution is 6.28. The van der Waals surface area contributed by atoms with Crippen molar-refractivity contribution in [3.63, 3.8) is 0 Å². The first kappa shape index (κ1) is 26.6. The van der Waals surface area contributed by atoms with Crippen molar-refractivity contribution in [3.05, 3.63) is 170 Å². The maximum atomic E-state index is 6.96. The average molecular weight is 621 g/mol. The summed E-state index contributed by atoms with van der Waals surface area (Å²) in [5.41, 5.74) is 8.93. The van der Waals surface area contributed by atoms with Gasteiger partial charge in [0.2, 0.25) is 0 Å². The molecule has 0 spiro atoms. The molecule has 226 valence electrons. The molecule has 1 nitrogen and oxygen atoms in total. The molecule has 0 aliphatic rings. The molecule has 0 unspecified atom stereocenters. The highest BCUT2D eigenvalue weighted by Gasteiger charge is 2.21. The zero-order valence-electron chi connectivity index (χ0n) is 26.6. The molecule has 0 amide bonds. The first-order valence-electron chi connectivity index (χ1n) is 16.9. The van der Waals surface area contributed by atoms with Crippen molar-refractivity contribution in [2.24, 2.45) is 0 Å². The zero-order chi connectivity index (χ0) is 32.1. The number of hydrogen-bond donors (Lipinski definition) is 0. The molecule has 11 rings (SSSR count). The Morgan fingerprint density at radius 3 is 1.78 bits per heavy atom. The van der Waals surface area contributed by atoms with E-state index in [1.54, 1.807) is 0 Å². The second kappa shape index (κ2) is 10.0. The van der Waals surface area contributed by atoms with Gasteiger partial charge in [-0.15, -0.1) is 0 Å². The molecule has 0 fully saturated rings. The molecule has 0 aliphatic heterocycles. The van der Waals surface area contributed by atoms with Crippen molar-refractivity contribution in [3.8, 4) is 33.4 Å². The third-order valence-electron chi connectivity index (χ3n) is 10.6. The van der Waals surface area contributed by atoms with E-state index in [-0.39, 0.29) is 0 Å². The molecule has 11 aromatic rings. The maximum absolute atomic E-state index is 6.96. The minimum atomic E-state index is 0.905. The van der Waals surface area contributed by atoms with Gasteiger partial charge in [-0.1, -0.05) is 140 Å². The highest BCUT2D eigenvalue weighted by atomic mass is 16.3. The van der Waals surface area contributed by atoms with Crippen LogP contribution in [-0.2, 0) is 0 Å². The monoisotopic (exact) mass is 620 g/mol. The molecule has 0 saturated heterocycles. The Morgan fingerprint density at radius 2 is 0.898 bits per heavy atom. The van der Waals surface area contributed by atoms with Gasteiger partial charge in [-0.25, -0.2) is 0 Å². The Labute approximate surface area is 282 Å². The molecule has 0 radical (unpaired) electrons. The van der Waals surface area contributed by atoms with Crippen LogP contribution in [0.4, 0.5) is 0 Å². The average Bonchev–Trinajstić information content (AvgIpc) is 3.54. The van der Waals surface area contributed by atoms with Crippen LogP contribution in [0.15, 0.2) is 174 Å². The summed E-state index contributed by atoms with van der Waals surface area (Å²) < 4.78 is 6.96. The predicted octanol–water partition coefficient (Wildman–Crippen LogP) is 13.8. The lowest BCUT2D eigenvalue weighted by Crippen LogP contribution is -1.89. The molecule has 0 aliphatic carbocycles. The SMILES string of the molecule is c1ccc(-c2ccc3cc4oc5c(-c6ccc7ccccc7c6)ccc(-c6ccc7ccc8cccc9ccc6c7c89)c5c4cc3c2)cc1. The largest absolute Gasteiger partial charge is 0.455 e. The van der Waals surface area contributed by atoms with Gasteiger partial charge in [-0.3, -0.25) is 0 Å². The zero-order valence-corrected chi connectivity index (χ0v) is 26.6. The molecular weight excluding hydrogens is 593 g/mol. The van der Waals surface area contributed by atoms with Gasteiger partial charge in [0.05, 0.1) is 0 Å². The van der Waals surface area contributed by atoms with E-state index in [2.05, 4.69) is 170 Å². The molecule has 0 saturated carbocycles. The summed E-state index contributed by atoms with van der Waals surface area (Å²) in [6, 6.07) is 62.1. The summed E-state index contributed by atoms with van der Waals surface area (Å²) in [7, 11) is 0. The minimum absolute atomic E-state index is 0.905. The Morgan fingerprint density at radius 1 is 0.286 bits per heavy atom. The van der Waals surface area contributed by atoms with Crippen molar-refractivity contribution in [1.82, 2.24) is 0 Å². The third kappa shape index (κ3) is 3.94. The van der Waals surface area contributed by atoms with Crippen molar-refractivity contribution in [2.75, 3.05) is 0 Å². The molecule has 10 aromatic carbocycles. The summed E-state index contributed by atoms with van der Waals surface area (Å²) in [5.74, 6) is 0. The lowest BCUT2D eigenvalue weighted by atomic mass is 9.87. The van der Waals surface area contributed by atoms with Gasteiger partial charge in [-0.05, 0) is 112 Å². The molecule has 1 aromatic heterocycles. The molecule has 0 atom stereocenters. The van der Waals surface area contributed by atoms with Crippen LogP contribution in [-0.4, -0.2) is 0 Å². The van der Waals surface area contributed by atoms with E-state index in [1.165, 1.54) is 76.1 Å². The molecule has 0 bridgehead atoms. The molecule has 1 heterocycles. The first-order chi connectivity index (χ1) is 24.3. The second-order valence-electron chi connectivity index (χ2n) is 13.3. The van der Waals surface area contributed by atoms with E-state index >= 15 is 0 Å². The summed E-state index contributed by atoms with van der Waals surface area (Å²) in [6.45, 7) is 0. The normalized spacial score (nSPS) is 12.1. The molecule has 1 heteroatoms. The minimum Gasteiger partial charge on any atom is -0.455 e. The van der Waals surface area contributed by atoms with Crippen LogP contribution in [0, 0.1) is 0 Å². The number of furan rings is 1. The smallest absolute Gasteiger partial charge is 0.143 e. The van der Waals surface area contributed by atoms with Gasteiger partial charge in [0, 0.05) is 16.3 Å². The Bertz CT molecular complexity index is 3070. The lowest BCUT2D eigenvalue weighted by molar-refractivity contribution is 0.670. The maximum Gasteiger partial charge on any atom is 0.143 e. The summed E-state index contributed by atoms with van der Waals surface area (Å²) in [4.78, 5) is 0. The number of fused-ring (bicyclic) bond motifs is 5. The topological polar surface area (TPSA) is 13.1 Å².